The first-order valence-corrected chi connectivity index (χ1v) is 5.78. The van der Waals surface area contributed by atoms with Gasteiger partial charge in [0.1, 0.15) is 5.52 Å². The maximum absolute atomic E-state index is 13.8. The van der Waals surface area contributed by atoms with Gasteiger partial charge in [-0.25, -0.2) is 9.37 Å². The van der Waals surface area contributed by atoms with Crippen LogP contribution >= 0.6 is 15.9 Å². The Morgan fingerprint density at radius 1 is 1.24 bits per heavy atom. The predicted octanol–water partition coefficient (Wildman–Crippen LogP) is 3.53. The summed E-state index contributed by atoms with van der Waals surface area (Å²) in [4.78, 5) is 4.30. The molecule has 0 spiro atoms. The van der Waals surface area contributed by atoms with Gasteiger partial charge in [0.25, 0.3) is 0 Å². The number of halogens is 2. The minimum absolute atomic E-state index is 0.334. The fourth-order valence-electron chi connectivity index (χ4n) is 1.71. The number of nitrogens with zero attached hydrogens (tertiary/aromatic N) is 2. The number of aromatic nitrogens is 3. The normalized spacial score (nSPS) is 10.9. The molecule has 0 aliphatic heterocycles. The van der Waals surface area contributed by atoms with Crippen LogP contribution in [-0.2, 0) is 0 Å². The summed E-state index contributed by atoms with van der Waals surface area (Å²) in [7, 11) is 0. The Hall–Kier alpha value is -1.75. The number of fused-ring (bicyclic) bond motifs is 1. The molecule has 3 aromatic rings. The molecule has 3 nitrogen and oxygen atoms in total. The third kappa shape index (κ3) is 1.82. The molecule has 1 aromatic carbocycles. The summed E-state index contributed by atoms with van der Waals surface area (Å²) in [5, 5.41) is 7.33. The average molecular weight is 292 g/mol. The van der Waals surface area contributed by atoms with Crippen LogP contribution in [0, 0.1) is 5.82 Å². The van der Waals surface area contributed by atoms with Gasteiger partial charge in [-0.1, -0.05) is 22.0 Å². The number of aromatic amines is 1. The molecule has 84 valence electrons. The topological polar surface area (TPSA) is 41.6 Å². The van der Waals surface area contributed by atoms with Crippen LogP contribution in [0.25, 0.3) is 22.2 Å². The van der Waals surface area contributed by atoms with E-state index in [2.05, 4.69) is 31.1 Å². The lowest BCUT2D eigenvalue weighted by Gasteiger charge is -2.02. The molecule has 0 bridgehead atoms. The van der Waals surface area contributed by atoms with E-state index < -0.39 is 0 Å². The summed E-state index contributed by atoms with van der Waals surface area (Å²) in [6.45, 7) is 0. The fraction of sp³-hybridized carbons (Fsp3) is 0. The molecule has 0 saturated heterocycles. The molecular weight excluding hydrogens is 285 g/mol. The van der Waals surface area contributed by atoms with Crippen LogP contribution in [0.4, 0.5) is 4.39 Å². The van der Waals surface area contributed by atoms with E-state index in [0.29, 0.717) is 15.7 Å². The molecule has 17 heavy (non-hydrogen) atoms. The first-order valence-electron chi connectivity index (χ1n) is 4.99. The Balaban J connectivity index is 2.26. The second kappa shape index (κ2) is 3.92. The predicted molar refractivity (Wildman–Crippen MR) is 67.0 cm³/mol. The lowest BCUT2D eigenvalue weighted by Crippen LogP contribution is -1.88. The van der Waals surface area contributed by atoms with Gasteiger partial charge in [-0.15, -0.1) is 0 Å². The molecule has 5 heteroatoms. The standard InChI is InChI=1S/C12H7BrFN3/c13-9-3-7-1-2-11(8-5-15-16-6-8)17-12(7)10(14)4-9/h1-6H,(H,15,16). The van der Waals surface area contributed by atoms with Crippen molar-refractivity contribution in [3.63, 3.8) is 0 Å². The quantitative estimate of drug-likeness (QED) is 0.745. The highest BCUT2D eigenvalue weighted by molar-refractivity contribution is 9.10. The minimum Gasteiger partial charge on any atom is -0.285 e. The van der Waals surface area contributed by atoms with E-state index in [1.54, 1.807) is 12.4 Å². The van der Waals surface area contributed by atoms with Gasteiger partial charge in [-0.3, -0.25) is 5.10 Å². The van der Waals surface area contributed by atoms with Crippen molar-refractivity contribution in [3.05, 3.63) is 46.9 Å². The zero-order chi connectivity index (χ0) is 11.8. The Morgan fingerprint density at radius 3 is 2.88 bits per heavy atom. The Bertz CT molecular complexity index is 680. The van der Waals surface area contributed by atoms with Crippen molar-refractivity contribution >= 4 is 26.8 Å². The van der Waals surface area contributed by atoms with Crippen LogP contribution in [-0.4, -0.2) is 15.2 Å². The van der Waals surface area contributed by atoms with Crippen LogP contribution in [0.15, 0.2) is 41.1 Å². The number of H-pyrrole nitrogens is 1. The van der Waals surface area contributed by atoms with Crippen molar-refractivity contribution in [2.75, 3.05) is 0 Å². The van der Waals surface area contributed by atoms with Gasteiger partial charge < -0.3 is 0 Å². The first-order chi connectivity index (χ1) is 8.24. The molecule has 3 rings (SSSR count). The Kier molecular flexibility index (Phi) is 2.40. The molecular formula is C12H7BrFN3. The van der Waals surface area contributed by atoms with E-state index in [-0.39, 0.29) is 5.82 Å². The van der Waals surface area contributed by atoms with E-state index in [0.717, 1.165) is 10.9 Å². The summed E-state index contributed by atoms with van der Waals surface area (Å²) in [6, 6.07) is 6.94. The smallest absolute Gasteiger partial charge is 0.150 e. The maximum atomic E-state index is 13.8. The van der Waals surface area contributed by atoms with Crippen molar-refractivity contribution in [3.8, 4) is 11.3 Å². The molecule has 0 unspecified atom stereocenters. The fourth-order valence-corrected chi connectivity index (χ4v) is 2.16. The lowest BCUT2D eigenvalue weighted by molar-refractivity contribution is 0.636. The van der Waals surface area contributed by atoms with E-state index in [1.807, 2.05) is 18.2 Å². The second-order valence-corrected chi connectivity index (χ2v) is 4.56. The minimum atomic E-state index is -0.334. The first kappa shape index (κ1) is 10.4. The monoisotopic (exact) mass is 291 g/mol. The van der Waals surface area contributed by atoms with Gasteiger partial charge in [-0.05, 0) is 18.2 Å². The van der Waals surface area contributed by atoms with Crippen molar-refractivity contribution in [2.45, 2.75) is 0 Å². The molecule has 0 radical (unpaired) electrons. The van der Waals surface area contributed by atoms with Gasteiger partial charge in [0.05, 0.1) is 11.9 Å². The summed E-state index contributed by atoms with van der Waals surface area (Å²) in [6.07, 6.45) is 3.38. The molecule has 0 amide bonds. The molecule has 2 aromatic heterocycles. The van der Waals surface area contributed by atoms with Crippen LogP contribution in [0.3, 0.4) is 0 Å². The summed E-state index contributed by atoms with van der Waals surface area (Å²) in [5.41, 5.74) is 1.91. The third-order valence-corrected chi connectivity index (χ3v) is 2.96. The molecule has 0 aliphatic carbocycles. The number of hydrogen-bond acceptors (Lipinski definition) is 2. The third-order valence-electron chi connectivity index (χ3n) is 2.50. The second-order valence-electron chi connectivity index (χ2n) is 3.64. The lowest BCUT2D eigenvalue weighted by atomic mass is 10.1. The van der Waals surface area contributed by atoms with Crippen molar-refractivity contribution in [2.24, 2.45) is 0 Å². The highest BCUT2D eigenvalue weighted by atomic mass is 79.9. The number of nitrogens with one attached hydrogen (secondary N) is 1. The average Bonchev–Trinajstić information content (AvgIpc) is 2.82. The van der Waals surface area contributed by atoms with Gasteiger partial charge in [0.2, 0.25) is 0 Å². The van der Waals surface area contributed by atoms with E-state index in [4.69, 9.17) is 0 Å². The molecule has 1 N–H and O–H groups in total. The van der Waals surface area contributed by atoms with Crippen LogP contribution in [0.1, 0.15) is 0 Å². The van der Waals surface area contributed by atoms with Crippen molar-refractivity contribution in [1.82, 2.24) is 15.2 Å². The number of rotatable bonds is 1. The number of hydrogen-bond donors (Lipinski definition) is 1. The zero-order valence-electron chi connectivity index (χ0n) is 8.61. The number of pyridine rings is 1. The summed E-state index contributed by atoms with van der Waals surface area (Å²) >= 11 is 3.26. The Labute approximate surface area is 105 Å². The molecule has 0 saturated carbocycles. The Morgan fingerprint density at radius 2 is 2.12 bits per heavy atom. The van der Waals surface area contributed by atoms with Crippen LogP contribution in [0.2, 0.25) is 0 Å². The van der Waals surface area contributed by atoms with Crippen molar-refractivity contribution in [1.29, 1.82) is 0 Å². The summed E-state index contributed by atoms with van der Waals surface area (Å²) < 4.78 is 14.5. The maximum Gasteiger partial charge on any atom is 0.150 e. The highest BCUT2D eigenvalue weighted by Gasteiger charge is 2.07. The number of benzene rings is 1. The van der Waals surface area contributed by atoms with Gasteiger partial charge in [-0.2, -0.15) is 5.10 Å². The van der Waals surface area contributed by atoms with Crippen molar-refractivity contribution < 1.29 is 4.39 Å². The van der Waals surface area contributed by atoms with Gasteiger partial charge in [0.15, 0.2) is 5.82 Å². The summed E-state index contributed by atoms with van der Waals surface area (Å²) in [5.74, 6) is -0.334. The largest absolute Gasteiger partial charge is 0.285 e. The van der Waals surface area contributed by atoms with Gasteiger partial charge in [0, 0.05) is 21.6 Å². The molecule has 0 aliphatic rings. The SMILES string of the molecule is Fc1cc(Br)cc2ccc(-c3cn[nH]c3)nc12. The van der Waals surface area contributed by atoms with E-state index in [9.17, 15) is 4.39 Å². The molecule has 0 atom stereocenters. The van der Waals surface area contributed by atoms with E-state index in [1.165, 1.54) is 6.07 Å². The van der Waals surface area contributed by atoms with Gasteiger partial charge >= 0.3 is 0 Å². The van der Waals surface area contributed by atoms with Crippen LogP contribution < -0.4 is 0 Å². The molecule has 2 heterocycles. The highest BCUT2D eigenvalue weighted by Crippen LogP contribution is 2.25. The van der Waals surface area contributed by atoms with E-state index >= 15 is 0 Å². The molecule has 0 fully saturated rings. The van der Waals surface area contributed by atoms with Crippen LogP contribution in [0.5, 0.6) is 0 Å². The zero-order valence-corrected chi connectivity index (χ0v) is 10.2.